The standard InChI is InChI=1S/C41H68O14/c1-35(2)24(54-33-29(48)26(45)20(44)17-51-33)9-11-41-18-40(41)13-12-37(5)31(39(7)10-8-25(55-39)36(3,4)50)19(43)15-38(37,6)23(40)14-21(32(35)41)52-34-30(49)28(47)27(46)22(16-42)53-34/h19-34,42-50H,8-18H2,1-7H3/t19-,20+,21+,22+,23-,24-,25+,26-,27+,28+,29-,30+,31-,32+,33-,34+,37-,38-,39-,40-,41+/m0/s1. The SMILES string of the molecule is CC(C)(O)[C@H]1CC[C@@](C)([C@H]2[C@@H](O)C[C@@]3(C)[C@@H]4C[C@@H](O[C@@H]5O[C@H](CO)[C@@H](O)[C@@H](O)[C@H]5O)[C@@H]5C(C)(C)[C@@H](O[C@@H]6OC[C@@H](O)[C@H](O)[C@@H]6O)CC[C@@]56C[C@@]46CC[C@@]23C)O1. The minimum atomic E-state index is -1.60. The minimum Gasteiger partial charge on any atom is -0.394 e. The molecule has 0 aromatic rings. The van der Waals surface area contributed by atoms with Crippen LogP contribution < -0.4 is 0 Å². The van der Waals surface area contributed by atoms with E-state index >= 15 is 0 Å². The van der Waals surface area contributed by atoms with Crippen molar-refractivity contribution in [1.82, 2.24) is 0 Å². The average Bonchev–Trinajstić information content (AvgIpc) is 3.47. The first-order valence-electron chi connectivity index (χ1n) is 20.9. The number of ether oxygens (including phenoxy) is 5. The van der Waals surface area contributed by atoms with E-state index in [0.29, 0.717) is 25.7 Å². The van der Waals surface area contributed by atoms with Gasteiger partial charge >= 0.3 is 0 Å². The van der Waals surface area contributed by atoms with E-state index in [1.807, 2.05) is 0 Å². The number of aliphatic hydroxyl groups excluding tert-OH is 8. The smallest absolute Gasteiger partial charge is 0.186 e. The summed E-state index contributed by atoms with van der Waals surface area (Å²) in [5.41, 5.74) is -3.16. The van der Waals surface area contributed by atoms with Crippen LogP contribution in [0.3, 0.4) is 0 Å². The summed E-state index contributed by atoms with van der Waals surface area (Å²) in [6, 6.07) is 0. The highest BCUT2D eigenvalue weighted by Gasteiger charge is 2.85. The molecule has 0 aromatic carbocycles. The van der Waals surface area contributed by atoms with Gasteiger partial charge in [0.15, 0.2) is 12.6 Å². The maximum atomic E-state index is 12.2. The molecule has 3 aliphatic heterocycles. The third-order valence-corrected chi connectivity index (χ3v) is 17.6. The summed E-state index contributed by atoms with van der Waals surface area (Å²) in [4.78, 5) is 0. The van der Waals surface area contributed by atoms with Crippen molar-refractivity contribution in [1.29, 1.82) is 0 Å². The van der Waals surface area contributed by atoms with Gasteiger partial charge < -0.3 is 69.6 Å². The van der Waals surface area contributed by atoms with Crippen molar-refractivity contribution in [2.45, 2.75) is 197 Å². The molecule has 0 radical (unpaired) electrons. The molecule has 14 nitrogen and oxygen atoms in total. The van der Waals surface area contributed by atoms with Crippen LogP contribution in [-0.2, 0) is 23.7 Å². The van der Waals surface area contributed by atoms with E-state index in [2.05, 4.69) is 34.6 Å². The molecule has 8 rings (SSSR count). The van der Waals surface area contributed by atoms with Crippen LogP contribution in [0.15, 0.2) is 0 Å². The summed E-state index contributed by atoms with van der Waals surface area (Å²) in [6.45, 7) is 13.8. The first-order valence-corrected chi connectivity index (χ1v) is 20.9. The van der Waals surface area contributed by atoms with Gasteiger partial charge in [-0.05, 0) is 117 Å². The Kier molecular flexibility index (Phi) is 9.90. The van der Waals surface area contributed by atoms with Crippen LogP contribution in [-0.4, -0.2) is 150 Å². The van der Waals surface area contributed by atoms with E-state index in [-0.39, 0.29) is 52.1 Å². The molecule has 316 valence electrons. The van der Waals surface area contributed by atoms with Crippen LogP contribution in [0.25, 0.3) is 0 Å². The first kappa shape index (κ1) is 41.2. The van der Waals surface area contributed by atoms with Gasteiger partial charge in [-0.2, -0.15) is 0 Å². The summed E-state index contributed by atoms with van der Waals surface area (Å²) in [7, 11) is 0. The molecule has 5 aliphatic carbocycles. The third-order valence-electron chi connectivity index (χ3n) is 17.6. The molecular weight excluding hydrogens is 716 g/mol. The van der Waals surface area contributed by atoms with Gasteiger partial charge in [0.25, 0.3) is 0 Å². The highest BCUT2D eigenvalue weighted by molar-refractivity contribution is 5.33. The summed E-state index contributed by atoms with van der Waals surface area (Å²) < 4.78 is 31.9. The van der Waals surface area contributed by atoms with E-state index in [1.165, 1.54) is 0 Å². The molecular formula is C41H68O14. The highest BCUT2D eigenvalue weighted by atomic mass is 16.7. The van der Waals surface area contributed by atoms with Gasteiger partial charge in [-0.3, -0.25) is 0 Å². The largest absolute Gasteiger partial charge is 0.394 e. The van der Waals surface area contributed by atoms with Crippen LogP contribution >= 0.6 is 0 Å². The predicted octanol–water partition coefficient (Wildman–Crippen LogP) is 0.724. The zero-order valence-electron chi connectivity index (χ0n) is 33.6. The van der Waals surface area contributed by atoms with Gasteiger partial charge in [0.2, 0.25) is 0 Å². The fourth-order valence-electron chi connectivity index (χ4n) is 14.9. The zero-order chi connectivity index (χ0) is 40.1. The molecule has 2 spiro atoms. The van der Waals surface area contributed by atoms with E-state index in [0.717, 1.165) is 32.1 Å². The van der Waals surface area contributed by atoms with Gasteiger partial charge in [0.05, 0.1) is 48.8 Å². The zero-order valence-corrected chi connectivity index (χ0v) is 33.6. The summed E-state index contributed by atoms with van der Waals surface area (Å²) in [6.07, 6.45) is -7.48. The van der Waals surface area contributed by atoms with E-state index in [9.17, 15) is 46.0 Å². The molecule has 3 heterocycles. The second kappa shape index (κ2) is 13.2. The number of fused-ring (bicyclic) bond motifs is 2. The molecule has 21 atom stereocenters. The van der Waals surface area contributed by atoms with E-state index in [4.69, 9.17) is 23.7 Å². The maximum absolute atomic E-state index is 12.2. The minimum absolute atomic E-state index is 0.0633. The third kappa shape index (κ3) is 5.70. The Balaban J connectivity index is 1.15. The van der Waals surface area contributed by atoms with Gasteiger partial charge in [-0.1, -0.05) is 27.7 Å². The Hall–Kier alpha value is -0.560. The molecule has 8 aliphatic rings. The van der Waals surface area contributed by atoms with Crippen molar-refractivity contribution in [3.05, 3.63) is 0 Å². The molecule has 0 bridgehead atoms. The Morgan fingerprint density at radius 2 is 1.40 bits per heavy atom. The van der Waals surface area contributed by atoms with Gasteiger partial charge in [-0.15, -0.1) is 0 Å². The van der Waals surface area contributed by atoms with E-state index < -0.39 is 96.8 Å². The Morgan fingerprint density at radius 3 is 2.05 bits per heavy atom. The van der Waals surface area contributed by atoms with Crippen molar-refractivity contribution >= 4 is 0 Å². The topological polar surface area (TPSA) is 228 Å². The lowest BCUT2D eigenvalue weighted by molar-refractivity contribution is -0.339. The molecule has 9 N–H and O–H groups in total. The van der Waals surface area contributed by atoms with E-state index in [1.54, 1.807) is 13.8 Å². The molecule has 14 heteroatoms. The lowest BCUT2D eigenvalue weighted by Gasteiger charge is -2.65. The molecule has 0 aromatic heterocycles. The van der Waals surface area contributed by atoms with Crippen LogP contribution in [0, 0.1) is 44.8 Å². The Morgan fingerprint density at radius 1 is 0.709 bits per heavy atom. The van der Waals surface area contributed by atoms with Crippen molar-refractivity contribution in [2.75, 3.05) is 13.2 Å². The monoisotopic (exact) mass is 784 g/mol. The summed E-state index contributed by atoms with van der Waals surface area (Å²) in [5, 5.41) is 97.2. The Labute approximate surface area is 324 Å². The first-order chi connectivity index (χ1) is 25.5. The van der Waals surface area contributed by atoms with Gasteiger partial charge in [-0.25, -0.2) is 0 Å². The quantitative estimate of drug-likeness (QED) is 0.162. The molecule has 5 saturated carbocycles. The molecule has 0 unspecified atom stereocenters. The lowest BCUT2D eigenvalue weighted by Crippen LogP contribution is -2.65. The second-order valence-electron chi connectivity index (χ2n) is 21.1. The summed E-state index contributed by atoms with van der Waals surface area (Å²) in [5.74, 6) is -0.215. The fourth-order valence-corrected chi connectivity index (χ4v) is 14.9. The van der Waals surface area contributed by atoms with Crippen molar-refractivity contribution < 1.29 is 69.6 Å². The van der Waals surface area contributed by atoms with Gasteiger partial charge in [0, 0.05) is 5.92 Å². The number of hydrogen-bond donors (Lipinski definition) is 9. The lowest BCUT2D eigenvalue weighted by atomic mass is 9.41. The number of rotatable bonds is 7. The normalized spacial score (nSPS) is 58.7. The molecule has 55 heavy (non-hydrogen) atoms. The number of hydrogen-bond acceptors (Lipinski definition) is 14. The number of aliphatic hydroxyl groups is 9. The highest BCUT2D eigenvalue weighted by Crippen LogP contribution is 2.89. The maximum Gasteiger partial charge on any atom is 0.186 e. The molecule has 0 amide bonds. The average molecular weight is 785 g/mol. The second-order valence-corrected chi connectivity index (χ2v) is 21.1. The van der Waals surface area contributed by atoms with Crippen molar-refractivity contribution in [2.24, 2.45) is 44.8 Å². The molecule has 3 saturated heterocycles. The molecule has 8 fully saturated rings. The van der Waals surface area contributed by atoms with Crippen molar-refractivity contribution in [3.63, 3.8) is 0 Å². The van der Waals surface area contributed by atoms with Crippen molar-refractivity contribution in [3.8, 4) is 0 Å². The summed E-state index contributed by atoms with van der Waals surface area (Å²) >= 11 is 0. The fraction of sp³-hybridized carbons (Fsp3) is 1.00. The van der Waals surface area contributed by atoms with Crippen LogP contribution in [0.2, 0.25) is 0 Å². The predicted molar refractivity (Wildman–Crippen MR) is 194 cm³/mol. The Bertz CT molecular complexity index is 1460. The van der Waals surface area contributed by atoms with Crippen LogP contribution in [0.5, 0.6) is 0 Å². The van der Waals surface area contributed by atoms with Crippen LogP contribution in [0.1, 0.15) is 106 Å². The van der Waals surface area contributed by atoms with Crippen LogP contribution in [0.4, 0.5) is 0 Å². The van der Waals surface area contributed by atoms with Gasteiger partial charge in [0.1, 0.15) is 42.7 Å².